The summed E-state index contributed by atoms with van der Waals surface area (Å²) < 4.78 is 4.73. The third-order valence-corrected chi connectivity index (χ3v) is 4.92. The van der Waals surface area contributed by atoms with Gasteiger partial charge in [0.2, 0.25) is 0 Å². The molecule has 0 fully saturated rings. The van der Waals surface area contributed by atoms with Gasteiger partial charge in [-0.2, -0.15) is 0 Å². The summed E-state index contributed by atoms with van der Waals surface area (Å²) in [5.74, 6) is -0.331. The number of esters is 1. The van der Waals surface area contributed by atoms with E-state index in [1.165, 1.54) is 7.11 Å². The molecule has 0 aliphatic carbocycles. The molecule has 0 aliphatic rings. The second kappa shape index (κ2) is 9.78. The monoisotopic (exact) mass is 413 g/mol. The van der Waals surface area contributed by atoms with Crippen LogP contribution in [0.1, 0.15) is 27.6 Å². The van der Waals surface area contributed by atoms with Gasteiger partial charge in [-0.3, -0.25) is 4.79 Å². The topological polar surface area (TPSA) is 76.5 Å². The summed E-state index contributed by atoms with van der Waals surface area (Å²) in [6, 6.07) is 24.8. The van der Waals surface area contributed by atoms with Crippen molar-refractivity contribution in [2.24, 2.45) is 0 Å². The lowest BCUT2D eigenvalue weighted by Crippen LogP contribution is -2.00. The summed E-state index contributed by atoms with van der Waals surface area (Å²) in [5, 5.41) is 7.87. The maximum absolute atomic E-state index is 12.1. The number of ketones is 1. The van der Waals surface area contributed by atoms with Crippen molar-refractivity contribution in [2.75, 3.05) is 14.2 Å². The van der Waals surface area contributed by atoms with Crippen LogP contribution in [-0.4, -0.2) is 36.1 Å². The molecule has 5 nitrogen and oxygen atoms in total. The molecule has 31 heavy (non-hydrogen) atoms. The number of aromatic nitrogens is 1. The number of fused-ring (bicyclic) bond motifs is 1. The maximum atomic E-state index is 12.1. The van der Waals surface area contributed by atoms with Crippen molar-refractivity contribution < 1.29 is 19.4 Å². The van der Waals surface area contributed by atoms with Crippen molar-refractivity contribution in [1.82, 2.24) is 4.98 Å². The molecular weight excluding hydrogens is 390 g/mol. The fraction of sp³-hybridized carbons (Fsp3) is 0.115. The van der Waals surface area contributed by atoms with Crippen LogP contribution in [0.4, 0.5) is 0 Å². The van der Waals surface area contributed by atoms with E-state index in [0.717, 1.165) is 40.4 Å². The fourth-order valence-electron chi connectivity index (χ4n) is 3.36. The van der Waals surface area contributed by atoms with Gasteiger partial charge in [-0.25, -0.2) is 9.78 Å². The summed E-state index contributed by atoms with van der Waals surface area (Å²) in [6.45, 7) is 1.58. The van der Waals surface area contributed by atoms with Gasteiger partial charge in [0.15, 0.2) is 5.78 Å². The molecule has 0 unspecified atom stereocenters. The second-order valence-corrected chi connectivity index (χ2v) is 6.77. The number of pyridine rings is 1. The highest BCUT2D eigenvalue weighted by atomic mass is 16.5. The van der Waals surface area contributed by atoms with E-state index in [4.69, 9.17) is 14.8 Å². The van der Waals surface area contributed by atoms with Gasteiger partial charge >= 0.3 is 5.97 Å². The van der Waals surface area contributed by atoms with Gasteiger partial charge in [-0.05, 0) is 42.3 Å². The predicted molar refractivity (Wildman–Crippen MR) is 122 cm³/mol. The Balaban J connectivity index is 0.00000132. The van der Waals surface area contributed by atoms with E-state index >= 15 is 0 Å². The molecule has 4 aromatic rings. The molecule has 0 bridgehead atoms. The van der Waals surface area contributed by atoms with E-state index in [1.54, 1.807) is 19.1 Å². The number of methoxy groups -OCH3 is 1. The third kappa shape index (κ3) is 4.68. The quantitative estimate of drug-likeness (QED) is 0.369. The Morgan fingerprint density at radius 3 is 1.94 bits per heavy atom. The van der Waals surface area contributed by atoms with Crippen LogP contribution in [0.5, 0.6) is 0 Å². The number of nitrogens with zero attached hydrogens (tertiary/aromatic N) is 1. The Kier molecular flexibility index (Phi) is 6.90. The number of hydrogen-bond acceptors (Lipinski definition) is 5. The van der Waals surface area contributed by atoms with E-state index in [0.29, 0.717) is 11.1 Å². The van der Waals surface area contributed by atoms with Crippen LogP contribution in [0, 0.1) is 0 Å². The number of benzene rings is 3. The zero-order chi connectivity index (χ0) is 22.4. The highest BCUT2D eigenvalue weighted by molar-refractivity contribution is 6.07. The number of aliphatic hydroxyl groups excluding tert-OH is 1. The average Bonchev–Trinajstić information content (AvgIpc) is 2.84. The van der Waals surface area contributed by atoms with Crippen LogP contribution in [0.25, 0.3) is 33.3 Å². The number of Topliss-reactive ketones (excluding diaryl/α,β-unsaturated/α-hetero) is 1. The average molecular weight is 413 g/mol. The molecule has 3 aromatic carbocycles. The lowest BCUT2D eigenvalue weighted by atomic mass is 9.99. The first-order chi connectivity index (χ1) is 15.1. The van der Waals surface area contributed by atoms with Gasteiger partial charge in [0, 0.05) is 23.6 Å². The standard InChI is InChI=1S/C25H19NO3.CH4O/c1-16(27)22-15-24(26-23-6-4-3-5-21(22)23)19-11-7-17(8-12-19)18-9-13-20(14-10-18)25(28)29-2;1-2/h3-15H,1-2H3;2H,1H3. The molecule has 0 aliphatic heterocycles. The molecule has 0 atom stereocenters. The van der Waals surface area contributed by atoms with E-state index in [1.807, 2.05) is 66.7 Å². The van der Waals surface area contributed by atoms with Crippen LogP contribution in [-0.2, 0) is 4.74 Å². The second-order valence-electron chi connectivity index (χ2n) is 6.77. The summed E-state index contributed by atoms with van der Waals surface area (Å²) >= 11 is 0. The third-order valence-electron chi connectivity index (χ3n) is 4.92. The van der Waals surface area contributed by atoms with E-state index in [9.17, 15) is 9.59 Å². The van der Waals surface area contributed by atoms with Crippen molar-refractivity contribution in [3.8, 4) is 22.4 Å². The van der Waals surface area contributed by atoms with E-state index in [-0.39, 0.29) is 11.8 Å². The fourth-order valence-corrected chi connectivity index (χ4v) is 3.36. The van der Waals surface area contributed by atoms with Crippen LogP contribution < -0.4 is 0 Å². The molecular formula is C26H23NO4. The van der Waals surface area contributed by atoms with Gasteiger partial charge in [0.05, 0.1) is 23.9 Å². The smallest absolute Gasteiger partial charge is 0.337 e. The zero-order valence-corrected chi connectivity index (χ0v) is 17.6. The highest BCUT2D eigenvalue weighted by Gasteiger charge is 2.11. The minimum absolute atomic E-state index is 0.0205. The number of carbonyl (C=O) groups excluding carboxylic acids is 2. The molecule has 0 saturated carbocycles. The zero-order valence-electron chi connectivity index (χ0n) is 17.6. The lowest BCUT2D eigenvalue weighted by Gasteiger charge is -2.09. The van der Waals surface area contributed by atoms with Gasteiger partial charge in [-0.15, -0.1) is 0 Å². The van der Waals surface area contributed by atoms with Crippen molar-refractivity contribution in [3.63, 3.8) is 0 Å². The molecule has 5 heteroatoms. The van der Waals surface area contributed by atoms with Gasteiger partial charge in [0.1, 0.15) is 0 Å². The van der Waals surface area contributed by atoms with E-state index < -0.39 is 0 Å². The Bertz CT molecular complexity index is 1210. The Morgan fingerprint density at radius 1 is 0.806 bits per heavy atom. The highest BCUT2D eigenvalue weighted by Crippen LogP contribution is 2.28. The molecule has 0 saturated heterocycles. The summed E-state index contributed by atoms with van der Waals surface area (Å²) in [7, 11) is 2.37. The minimum atomic E-state index is -0.351. The molecule has 0 spiro atoms. The summed E-state index contributed by atoms with van der Waals surface area (Å²) in [6.07, 6.45) is 0. The van der Waals surface area contributed by atoms with Crippen molar-refractivity contribution in [2.45, 2.75) is 6.92 Å². The van der Waals surface area contributed by atoms with Gasteiger partial charge in [-0.1, -0.05) is 54.6 Å². The number of carbonyl (C=O) groups is 2. The molecule has 4 rings (SSSR count). The number of rotatable bonds is 4. The predicted octanol–water partition coefficient (Wildman–Crippen LogP) is 5.17. The summed E-state index contributed by atoms with van der Waals surface area (Å²) in [4.78, 5) is 28.4. The van der Waals surface area contributed by atoms with Crippen LogP contribution >= 0.6 is 0 Å². The molecule has 1 N–H and O–H groups in total. The van der Waals surface area contributed by atoms with Crippen LogP contribution in [0.3, 0.4) is 0 Å². The number of ether oxygens (including phenoxy) is 1. The van der Waals surface area contributed by atoms with Crippen molar-refractivity contribution >= 4 is 22.7 Å². The Labute approximate surface area is 181 Å². The molecule has 1 aromatic heterocycles. The molecule has 0 amide bonds. The number of aliphatic hydroxyl groups is 1. The first kappa shape index (κ1) is 21.9. The normalized spacial score (nSPS) is 10.2. The molecule has 0 radical (unpaired) electrons. The largest absolute Gasteiger partial charge is 0.465 e. The Morgan fingerprint density at radius 2 is 1.35 bits per heavy atom. The first-order valence-corrected chi connectivity index (χ1v) is 9.71. The van der Waals surface area contributed by atoms with E-state index in [2.05, 4.69) is 0 Å². The molecule has 1 heterocycles. The number of hydrogen-bond donors (Lipinski definition) is 1. The van der Waals surface area contributed by atoms with Crippen LogP contribution in [0.15, 0.2) is 78.9 Å². The Hall–Kier alpha value is -3.83. The van der Waals surface area contributed by atoms with Crippen molar-refractivity contribution in [1.29, 1.82) is 0 Å². The SMILES string of the molecule is CO.COC(=O)c1ccc(-c2ccc(-c3cc(C(C)=O)c4ccccc4n3)cc2)cc1. The minimum Gasteiger partial charge on any atom is -0.465 e. The molecule has 156 valence electrons. The maximum Gasteiger partial charge on any atom is 0.337 e. The van der Waals surface area contributed by atoms with Gasteiger partial charge < -0.3 is 9.84 Å². The first-order valence-electron chi connectivity index (χ1n) is 9.71. The number of para-hydroxylation sites is 1. The van der Waals surface area contributed by atoms with Crippen molar-refractivity contribution in [3.05, 3.63) is 90.0 Å². The summed E-state index contributed by atoms with van der Waals surface area (Å²) in [5.41, 5.74) is 5.73. The lowest BCUT2D eigenvalue weighted by molar-refractivity contribution is 0.0600. The van der Waals surface area contributed by atoms with Crippen LogP contribution in [0.2, 0.25) is 0 Å². The van der Waals surface area contributed by atoms with Gasteiger partial charge in [0.25, 0.3) is 0 Å².